The summed E-state index contributed by atoms with van der Waals surface area (Å²) in [6, 6.07) is 3.85. The number of nitrogens with zero attached hydrogens (tertiary/aromatic N) is 2. The van der Waals surface area contributed by atoms with Gasteiger partial charge in [0, 0.05) is 12.3 Å². The van der Waals surface area contributed by atoms with E-state index in [-0.39, 0.29) is 12.3 Å². The van der Waals surface area contributed by atoms with E-state index < -0.39 is 5.97 Å². The average molecular weight is 222 g/mol. The smallest absolute Gasteiger partial charge is 0.303 e. The second kappa shape index (κ2) is 5.58. The molecule has 0 saturated carbocycles. The normalized spacial score (nSPS) is 12.8. The Morgan fingerprint density at radius 1 is 1.38 bits per heavy atom. The molecule has 1 aromatic rings. The molecule has 88 valence electrons. The SMILES string of the molecule is Cc1ccc(C(CCC(=O)O)C(C)C)nn1. The molecule has 0 amide bonds. The Bertz CT molecular complexity index is 347. The molecule has 4 nitrogen and oxygen atoms in total. The molecule has 0 radical (unpaired) electrons. The fourth-order valence-electron chi connectivity index (χ4n) is 1.71. The van der Waals surface area contributed by atoms with Gasteiger partial charge in [-0.3, -0.25) is 4.79 Å². The molecule has 1 aromatic heterocycles. The van der Waals surface area contributed by atoms with Crippen molar-refractivity contribution in [3.8, 4) is 0 Å². The molecule has 1 heterocycles. The van der Waals surface area contributed by atoms with Gasteiger partial charge < -0.3 is 5.11 Å². The van der Waals surface area contributed by atoms with E-state index in [1.807, 2.05) is 19.1 Å². The van der Waals surface area contributed by atoms with Crippen LogP contribution >= 0.6 is 0 Å². The second-order valence-electron chi connectivity index (χ2n) is 4.38. The lowest BCUT2D eigenvalue weighted by Crippen LogP contribution is -2.11. The summed E-state index contributed by atoms with van der Waals surface area (Å²) in [6.07, 6.45) is 0.795. The molecule has 0 fully saturated rings. The predicted molar refractivity (Wildman–Crippen MR) is 61.2 cm³/mol. The van der Waals surface area contributed by atoms with Crippen LogP contribution < -0.4 is 0 Å². The van der Waals surface area contributed by atoms with Gasteiger partial charge in [0.15, 0.2) is 0 Å². The molecule has 4 heteroatoms. The van der Waals surface area contributed by atoms with Crippen molar-refractivity contribution in [2.45, 2.75) is 39.5 Å². The number of aryl methyl sites for hydroxylation is 1. The largest absolute Gasteiger partial charge is 0.481 e. The van der Waals surface area contributed by atoms with Crippen molar-refractivity contribution in [3.63, 3.8) is 0 Å². The highest BCUT2D eigenvalue weighted by molar-refractivity contribution is 5.66. The maximum Gasteiger partial charge on any atom is 0.303 e. The first-order chi connectivity index (χ1) is 7.50. The van der Waals surface area contributed by atoms with Crippen molar-refractivity contribution in [3.05, 3.63) is 23.5 Å². The van der Waals surface area contributed by atoms with Gasteiger partial charge in [-0.15, -0.1) is 0 Å². The predicted octanol–water partition coefficient (Wildman–Crippen LogP) is 2.39. The molecule has 0 spiro atoms. The van der Waals surface area contributed by atoms with Crippen LogP contribution in [0.1, 0.15) is 44.0 Å². The third-order valence-electron chi connectivity index (χ3n) is 2.67. The lowest BCUT2D eigenvalue weighted by molar-refractivity contribution is -0.137. The van der Waals surface area contributed by atoms with E-state index in [1.165, 1.54) is 0 Å². The van der Waals surface area contributed by atoms with Gasteiger partial charge in [-0.05, 0) is 31.4 Å². The monoisotopic (exact) mass is 222 g/mol. The van der Waals surface area contributed by atoms with Crippen molar-refractivity contribution in [1.29, 1.82) is 0 Å². The van der Waals surface area contributed by atoms with Crippen molar-refractivity contribution in [2.75, 3.05) is 0 Å². The number of hydrogen-bond acceptors (Lipinski definition) is 3. The van der Waals surface area contributed by atoms with Crippen LogP contribution in [0.4, 0.5) is 0 Å². The van der Waals surface area contributed by atoms with Gasteiger partial charge in [0.05, 0.1) is 11.4 Å². The van der Waals surface area contributed by atoms with E-state index in [1.54, 1.807) is 0 Å². The molecule has 16 heavy (non-hydrogen) atoms. The minimum absolute atomic E-state index is 0.171. The van der Waals surface area contributed by atoms with E-state index >= 15 is 0 Å². The van der Waals surface area contributed by atoms with Crippen LogP contribution in [-0.2, 0) is 4.79 Å². The standard InChI is InChI=1S/C12H18N2O2/c1-8(2)10(5-7-12(15)16)11-6-4-9(3)13-14-11/h4,6,8,10H,5,7H2,1-3H3,(H,15,16). The number of aromatic nitrogens is 2. The molecule has 1 N–H and O–H groups in total. The van der Waals surface area contributed by atoms with E-state index in [4.69, 9.17) is 5.11 Å². The summed E-state index contributed by atoms with van der Waals surface area (Å²) in [5.41, 5.74) is 1.77. The van der Waals surface area contributed by atoms with Crippen LogP contribution in [0.5, 0.6) is 0 Å². The van der Waals surface area contributed by atoms with E-state index in [2.05, 4.69) is 24.0 Å². The summed E-state index contributed by atoms with van der Waals surface area (Å²) in [5, 5.41) is 16.8. The molecule has 0 aliphatic heterocycles. The molecular formula is C12H18N2O2. The van der Waals surface area contributed by atoms with Crippen LogP contribution in [0.15, 0.2) is 12.1 Å². The zero-order valence-corrected chi connectivity index (χ0v) is 9.97. The number of carboxylic acids is 1. The van der Waals surface area contributed by atoms with Crippen LogP contribution in [0.25, 0.3) is 0 Å². The molecule has 1 atom stereocenters. The van der Waals surface area contributed by atoms with Gasteiger partial charge in [0.1, 0.15) is 0 Å². The highest BCUT2D eigenvalue weighted by atomic mass is 16.4. The van der Waals surface area contributed by atoms with E-state index in [0.717, 1.165) is 11.4 Å². The quantitative estimate of drug-likeness (QED) is 0.830. The van der Waals surface area contributed by atoms with Crippen LogP contribution in [0.2, 0.25) is 0 Å². The van der Waals surface area contributed by atoms with Gasteiger partial charge in [-0.1, -0.05) is 13.8 Å². The Labute approximate surface area is 95.7 Å². The molecule has 1 unspecified atom stereocenters. The Morgan fingerprint density at radius 3 is 2.50 bits per heavy atom. The van der Waals surface area contributed by atoms with Crippen molar-refractivity contribution in [1.82, 2.24) is 10.2 Å². The first-order valence-electron chi connectivity index (χ1n) is 5.52. The van der Waals surface area contributed by atoms with Gasteiger partial charge in [0.25, 0.3) is 0 Å². The fraction of sp³-hybridized carbons (Fsp3) is 0.583. The summed E-state index contributed by atoms with van der Waals surface area (Å²) in [6.45, 7) is 6.04. The topological polar surface area (TPSA) is 63.1 Å². The molecule has 0 saturated heterocycles. The Hall–Kier alpha value is -1.45. The lowest BCUT2D eigenvalue weighted by atomic mass is 9.88. The van der Waals surface area contributed by atoms with Gasteiger partial charge in [0.2, 0.25) is 0 Å². The number of carbonyl (C=O) groups is 1. The number of carboxylic acid groups (broad SMARTS) is 1. The summed E-state index contributed by atoms with van der Waals surface area (Å²) in [5.74, 6) is -0.216. The van der Waals surface area contributed by atoms with E-state index in [9.17, 15) is 4.79 Å². The van der Waals surface area contributed by atoms with E-state index in [0.29, 0.717) is 12.3 Å². The molecule has 0 bridgehead atoms. The highest BCUT2D eigenvalue weighted by Crippen LogP contribution is 2.27. The van der Waals surface area contributed by atoms with Crippen LogP contribution in [-0.4, -0.2) is 21.3 Å². The third-order valence-corrected chi connectivity index (χ3v) is 2.67. The van der Waals surface area contributed by atoms with Crippen LogP contribution in [0.3, 0.4) is 0 Å². The van der Waals surface area contributed by atoms with Gasteiger partial charge in [-0.25, -0.2) is 0 Å². The summed E-state index contributed by atoms with van der Waals surface area (Å²) in [4.78, 5) is 10.6. The summed E-state index contributed by atoms with van der Waals surface area (Å²) in [7, 11) is 0. The lowest BCUT2D eigenvalue weighted by Gasteiger charge is -2.18. The zero-order valence-electron chi connectivity index (χ0n) is 9.97. The van der Waals surface area contributed by atoms with Gasteiger partial charge >= 0.3 is 5.97 Å². The minimum atomic E-state index is -0.759. The molecular weight excluding hydrogens is 204 g/mol. The number of rotatable bonds is 5. The first kappa shape index (κ1) is 12.6. The number of aliphatic carboxylic acids is 1. The van der Waals surface area contributed by atoms with Crippen molar-refractivity contribution in [2.24, 2.45) is 5.92 Å². The maximum atomic E-state index is 10.6. The molecule has 0 aliphatic rings. The fourth-order valence-corrected chi connectivity index (χ4v) is 1.71. The summed E-state index contributed by atoms with van der Waals surface area (Å²) < 4.78 is 0. The average Bonchev–Trinajstić information content (AvgIpc) is 2.20. The van der Waals surface area contributed by atoms with Crippen LogP contribution in [0, 0.1) is 12.8 Å². The Morgan fingerprint density at radius 2 is 2.06 bits per heavy atom. The summed E-state index contributed by atoms with van der Waals surface area (Å²) >= 11 is 0. The van der Waals surface area contributed by atoms with Crippen molar-refractivity contribution >= 4 is 5.97 Å². The van der Waals surface area contributed by atoms with Gasteiger partial charge in [-0.2, -0.15) is 10.2 Å². The molecule has 1 rings (SSSR count). The Balaban J connectivity index is 2.77. The number of hydrogen-bond donors (Lipinski definition) is 1. The molecule has 0 aromatic carbocycles. The second-order valence-corrected chi connectivity index (χ2v) is 4.38. The first-order valence-corrected chi connectivity index (χ1v) is 5.52. The van der Waals surface area contributed by atoms with Crippen molar-refractivity contribution < 1.29 is 9.90 Å². The molecule has 0 aliphatic carbocycles. The zero-order chi connectivity index (χ0) is 12.1. The Kier molecular flexibility index (Phi) is 4.40. The minimum Gasteiger partial charge on any atom is -0.481 e. The maximum absolute atomic E-state index is 10.6. The third kappa shape index (κ3) is 3.61. The highest BCUT2D eigenvalue weighted by Gasteiger charge is 2.18.